The maximum atomic E-state index is 10.6. The van der Waals surface area contributed by atoms with Crippen molar-refractivity contribution in [1.82, 2.24) is 0 Å². The number of hydrogen-bond acceptors (Lipinski definition) is 4. The average Bonchev–Trinajstić information content (AvgIpc) is 2.49. The predicted octanol–water partition coefficient (Wildman–Crippen LogP) is 2.58. The summed E-state index contributed by atoms with van der Waals surface area (Å²) in [5, 5.41) is 17.6. The van der Waals surface area contributed by atoms with Gasteiger partial charge in [-0.3, -0.25) is 9.59 Å². The summed E-state index contributed by atoms with van der Waals surface area (Å²) in [4.78, 5) is 20.6. The van der Waals surface area contributed by atoms with E-state index in [0.717, 1.165) is 25.7 Å². The highest BCUT2D eigenvalue weighted by molar-refractivity contribution is 5.78. The molecule has 0 heterocycles. The fourth-order valence-corrected chi connectivity index (χ4v) is 2.66. The number of aromatic hydroxyl groups is 1. The van der Waals surface area contributed by atoms with Gasteiger partial charge in [-0.2, -0.15) is 0 Å². The summed E-state index contributed by atoms with van der Waals surface area (Å²) in [7, 11) is 0. The van der Waals surface area contributed by atoms with Gasteiger partial charge in [-0.15, -0.1) is 0 Å². The molecule has 1 aliphatic rings. The quantitative estimate of drug-likeness (QED) is 0.741. The van der Waals surface area contributed by atoms with Gasteiger partial charge >= 0.3 is 5.97 Å². The van der Waals surface area contributed by atoms with Crippen molar-refractivity contribution in [2.45, 2.75) is 38.5 Å². The summed E-state index contributed by atoms with van der Waals surface area (Å²) >= 11 is 0. The van der Waals surface area contributed by atoms with Crippen molar-refractivity contribution >= 4 is 12.3 Å². The van der Waals surface area contributed by atoms with E-state index < -0.39 is 5.97 Å². The smallest absolute Gasteiger partial charge is 0.303 e. The number of rotatable bonds is 4. The summed E-state index contributed by atoms with van der Waals surface area (Å²) in [6.45, 7) is 0.527. The van der Waals surface area contributed by atoms with E-state index in [2.05, 4.69) is 0 Å². The fourth-order valence-electron chi connectivity index (χ4n) is 2.66. The van der Waals surface area contributed by atoms with E-state index in [1.54, 1.807) is 18.2 Å². The molecular formula is C16H23NO4. The molecule has 1 aliphatic carbocycles. The second-order valence-electron chi connectivity index (χ2n) is 5.51. The van der Waals surface area contributed by atoms with Crippen LogP contribution in [-0.4, -0.2) is 29.0 Å². The number of nitrogens with two attached hydrogens (primary N) is 1. The summed E-state index contributed by atoms with van der Waals surface area (Å²) in [5.74, 6) is -0.671. The summed E-state index contributed by atoms with van der Waals surface area (Å²) in [5.41, 5.74) is 5.87. The van der Waals surface area contributed by atoms with Gasteiger partial charge in [-0.1, -0.05) is 31.4 Å². The van der Waals surface area contributed by atoms with Crippen LogP contribution in [0.4, 0.5) is 0 Å². The highest BCUT2D eigenvalue weighted by atomic mass is 16.4. The van der Waals surface area contributed by atoms with Crippen LogP contribution >= 0.6 is 0 Å². The molecule has 0 spiro atoms. The summed E-state index contributed by atoms with van der Waals surface area (Å²) < 4.78 is 0. The molecule has 0 unspecified atom stereocenters. The number of phenols is 1. The molecular weight excluding hydrogens is 270 g/mol. The lowest BCUT2D eigenvalue weighted by Gasteiger charge is -2.34. The minimum absolute atomic E-state index is 0.0347. The van der Waals surface area contributed by atoms with Gasteiger partial charge in [0.25, 0.3) is 0 Å². The fraction of sp³-hybridized carbons (Fsp3) is 0.500. The monoisotopic (exact) mass is 293 g/mol. The van der Waals surface area contributed by atoms with Crippen molar-refractivity contribution in [3.63, 3.8) is 0 Å². The number of carbonyl (C=O) groups excluding carboxylic acids is 1. The minimum atomic E-state index is -0.706. The van der Waals surface area contributed by atoms with Crippen LogP contribution in [0.2, 0.25) is 0 Å². The Morgan fingerprint density at radius 1 is 1.24 bits per heavy atom. The summed E-state index contributed by atoms with van der Waals surface area (Å²) in [6.07, 6.45) is 6.39. The lowest BCUT2D eigenvalue weighted by Crippen LogP contribution is -2.34. The first kappa shape index (κ1) is 17.2. The Morgan fingerprint density at radius 3 is 2.29 bits per heavy atom. The number of aldehydes is 1. The Morgan fingerprint density at radius 2 is 1.86 bits per heavy atom. The third kappa shape index (κ3) is 5.55. The van der Waals surface area contributed by atoms with Gasteiger partial charge in [0.2, 0.25) is 0 Å². The van der Waals surface area contributed by atoms with Gasteiger partial charge in [0, 0.05) is 0 Å². The molecule has 0 amide bonds. The van der Waals surface area contributed by atoms with E-state index in [4.69, 9.17) is 15.9 Å². The maximum absolute atomic E-state index is 10.6. The Balaban J connectivity index is 0.000000219. The largest absolute Gasteiger partial charge is 0.507 e. The number of phenolic OH excluding ortho intramolecular Hbond substituents is 1. The molecule has 5 nitrogen and oxygen atoms in total. The molecule has 0 saturated heterocycles. The van der Waals surface area contributed by atoms with Crippen LogP contribution in [0.1, 0.15) is 48.9 Å². The predicted molar refractivity (Wildman–Crippen MR) is 80.3 cm³/mol. The second-order valence-corrected chi connectivity index (χ2v) is 5.51. The van der Waals surface area contributed by atoms with Crippen molar-refractivity contribution in [3.05, 3.63) is 29.8 Å². The normalized spacial score (nSPS) is 16.4. The van der Waals surface area contributed by atoms with E-state index in [-0.39, 0.29) is 17.6 Å². The third-order valence-electron chi connectivity index (χ3n) is 3.94. The Kier molecular flexibility index (Phi) is 6.88. The van der Waals surface area contributed by atoms with Crippen molar-refractivity contribution < 1.29 is 19.8 Å². The molecule has 1 aromatic carbocycles. The summed E-state index contributed by atoms with van der Waals surface area (Å²) in [6, 6.07) is 6.40. The van der Waals surface area contributed by atoms with Crippen LogP contribution in [0, 0.1) is 5.41 Å². The Hall–Kier alpha value is -1.88. The zero-order chi connectivity index (χ0) is 15.7. The van der Waals surface area contributed by atoms with E-state index in [1.807, 2.05) is 0 Å². The van der Waals surface area contributed by atoms with Gasteiger partial charge in [0.15, 0.2) is 6.29 Å². The zero-order valence-electron chi connectivity index (χ0n) is 12.1. The number of hydrogen-bond donors (Lipinski definition) is 3. The van der Waals surface area contributed by atoms with Crippen molar-refractivity contribution in [1.29, 1.82) is 0 Å². The molecule has 0 atom stereocenters. The molecule has 0 bridgehead atoms. The topological polar surface area (TPSA) is 101 Å². The number of carboxylic acid groups (broad SMARTS) is 1. The molecule has 0 radical (unpaired) electrons. The van der Waals surface area contributed by atoms with Gasteiger partial charge < -0.3 is 15.9 Å². The van der Waals surface area contributed by atoms with Gasteiger partial charge in [0.05, 0.1) is 12.0 Å². The van der Waals surface area contributed by atoms with E-state index in [1.165, 1.54) is 12.5 Å². The van der Waals surface area contributed by atoms with Crippen LogP contribution in [0.3, 0.4) is 0 Å². The molecule has 1 aromatic rings. The molecule has 1 fully saturated rings. The SMILES string of the molecule is NCC1(CC(=O)O)CCCCC1.O=Cc1ccccc1O. The molecule has 116 valence electrons. The maximum Gasteiger partial charge on any atom is 0.303 e. The number of aliphatic carboxylic acids is 1. The van der Waals surface area contributed by atoms with Crippen LogP contribution in [0.15, 0.2) is 24.3 Å². The zero-order valence-corrected chi connectivity index (χ0v) is 12.1. The first-order valence-corrected chi connectivity index (χ1v) is 7.18. The highest BCUT2D eigenvalue weighted by Gasteiger charge is 2.32. The number of para-hydroxylation sites is 1. The Bertz CT molecular complexity index is 467. The molecule has 0 aliphatic heterocycles. The van der Waals surface area contributed by atoms with E-state index in [0.29, 0.717) is 18.4 Å². The minimum Gasteiger partial charge on any atom is -0.507 e. The molecule has 0 aromatic heterocycles. The number of benzene rings is 1. The number of carboxylic acids is 1. The lowest BCUT2D eigenvalue weighted by atomic mass is 9.72. The van der Waals surface area contributed by atoms with Gasteiger partial charge in [-0.05, 0) is 36.9 Å². The molecule has 21 heavy (non-hydrogen) atoms. The van der Waals surface area contributed by atoms with Crippen LogP contribution in [0.25, 0.3) is 0 Å². The van der Waals surface area contributed by atoms with Crippen LogP contribution in [0.5, 0.6) is 5.75 Å². The van der Waals surface area contributed by atoms with E-state index in [9.17, 15) is 9.59 Å². The first-order chi connectivity index (χ1) is 10.0. The van der Waals surface area contributed by atoms with Crippen molar-refractivity contribution in [2.75, 3.05) is 6.54 Å². The standard InChI is InChI=1S/C9H17NO2.C7H6O2/c10-7-9(6-8(11)12)4-2-1-3-5-9;8-5-6-3-1-2-4-7(6)9/h1-7,10H2,(H,11,12);1-5,9H. The van der Waals surface area contributed by atoms with Crippen LogP contribution in [-0.2, 0) is 4.79 Å². The number of carbonyl (C=O) groups is 2. The molecule has 5 heteroatoms. The Labute approximate surface area is 124 Å². The second kappa shape index (κ2) is 8.42. The first-order valence-electron chi connectivity index (χ1n) is 7.18. The van der Waals surface area contributed by atoms with Gasteiger partial charge in [-0.25, -0.2) is 0 Å². The highest BCUT2D eigenvalue weighted by Crippen LogP contribution is 2.38. The third-order valence-corrected chi connectivity index (χ3v) is 3.94. The van der Waals surface area contributed by atoms with Crippen molar-refractivity contribution in [3.8, 4) is 5.75 Å². The van der Waals surface area contributed by atoms with Crippen LogP contribution < -0.4 is 5.73 Å². The van der Waals surface area contributed by atoms with E-state index >= 15 is 0 Å². The molecule has 1 saturated carbocycles. The van der Waals surface area contributed by atoms with Gasteiger partial charge in [0.1, 0.15) is 5.75 Å². The lowest BCUT2D eigenvalue weighted by molar-refractivity contribution is -0.140. The molecule has 4 N–H and O–H groups in total. The average molecular weight is 293 g/mol. The molecule has 2 rings (SSSR count). The van der Waals surface area contributed by atoms with Crippen molar-refractivity contribution in [2.24, 2.45) is 11.1 Å².